The summed E-state index contributed by atoms with van der Waals surface area (Å²) in [5.74, 6) is -1.02. The molecule has 17 heteroatoms. The van der Waals surface area contributed by atoms with Crippen molar-refractivity contribution in [1.82, 2.24) is 15.3 Å². The van der Waals surface area contributed by atoms with E-state index < -0.39 is 57.4 Å². The van der Waals surface area contributed by atoms with Crippen LogP contribution in [0.5, 0.6) is 0 Å². The lowest BCUT2D eigenvalue weighted by molar-refractivity contribution is -0.0197. The van der Waals surface area contributed by atoms with Crippen molar-refractivity contribution in [2.45, 2.75) is 43.3 Å². The van der Waals surface area contributed by atoms with Crippen LogP contribution in [0.2, 0.25) is 0 Å². The highest BCUT2D eigenvalue weighted by Crippen LogP contribution is 2.55. The first-order valence-corrected chi connectivity index (χ1v) is 15.0. The smallest absolute Gasteiger partial charge is 0.340 e. The lowest BCUT2D eigenvalue weighted by Crippen LogP contribution is -2.33. The van der Waals surface area contributed by atoms with Gasteiger partial charge < -0.3 is 44.5 Å². The van der Waals surface area contributed by atoms with Crippen LogP contribution in [0.25, 0.3) is 0 Å². The monoisotopic (exact) mass is 577 g/mol. The number of H-pyrrole nitrogens is 1. The maximum Gasteiger partial charge on any atom is 0.340 e. The molecule has 2 aromatic rings. The summed E-state index contributed by atoms with van der Waals surface area (Å²) in [4.78, 5) is 38.6. The van der Waals surface area contributed by atoms with E-state index in [-0.39, 0.29) is 23.4 Å². The van der Waals surface area contributed by atoms with Gasteiger partial charge in [-0.15, -0.1) is 0 Å². The zero-order chi connectivity index (χ0) is 27.0. The molecule has 0 amide bonds. The number of imidazole rings is 1. The highest BCUT2D eigenvalue weighted by Gasteiger charge is 2.45. The Morgan fingerprint density at radius 3 is 2.70 bits per heavy atom. The number of nitrogens with zero attached hydrogens (tertiary/aromatic N) is 2. The van der Waals surface area contributed by atoms with E-state index in [0.29, 0.717) is 0 Å². The van der Waals surface area contributed by atoms with E-state index in [1.165, 1.54) is 11.8 Å². The van der Waals surface area contributed by atoms with Crippen molar-refractivity contribution in [3.8, 4) is 0 Å². The van der Waals surface area contributed by atoms with Crippen LogP contribution in [0.1, 0.15) is 41.2 Å². The number of aliphatic imine (C=N–C) groups is 1. The summed E-state index contributed by atoms with van der Waals surface area (Å²) in [5.41, 5.74) is 2.51. The SMILES string of the molecule is N=C(Cl)/N=C(/N[C@H]1CCc2ccccc21)c1ncc([C@@H]2O[C@H](COP(=O)(O)CP(=O)(O)O)[C@@H](O)[C@H]2O)[nH]1. The molecule has 1 aliphatic carbocycles. The topological polar surface area (TPSA) is 231 Å². The molecule has 4 rings (SSSR count). The molecule has 202 valence electrons. The summed E-state index contributed by atoms with van der Waals surface area (Å²) < 4.78 is 33.2. The van der Waals surface area contributed by atoms with Crippen LogP contribution >= 0.6 is 26.8 Å². The molecular formula is C20H26ClN5O9P2. The van der Waals surface area contributed by atoms with Crippen molar-refractivity contribution < 1.29 is 43.3 Å². The van der Waals surface area contributed by atoms with E-state index in [1.807, 2.05) is 24.3 Å². The van der Waals surface area contributed by atoms with E-state index in [2.05, 4.69) is 20.3 Å². The number of fused-ring (bicyclic) bond motifs is 1. The first kappa shape index (κ1) is 28.1. The number of hydrogen-bond donors (Lipinski definition) is 8. The maximum absolute atomic E-state index is 11.9. The minimum Gasteiger partial charge on any atom is -0.387 e. The minimum absolute atomic E-state index is 0.0986. The highest BCUT2D eigenvalue weighted by molar-refractivity contribution is 7.70. The Balaban J connectivity index is 1.47. The molecule has 1 unspecified atom stereocenters. The Morgan fingerprint density at radius 1 is 1.27 bits per heavy atom. The maximum atomic E-state index is 11.9. The second kappa shape index (κ2) is 11.0. The Hall–Kier alpha value is -1.96. The van der Waals surface area contributed by atoms with Crippen LogP contribution in [0.15, 0.2) is 35.5 Å². The third-order valence-corrected chi connectivity index (χ3v) is 9.49. The number of aromatic amines is 1. The number of rotatable bonds is 8. The molecule has 1 fully saturated rings. The van der Waals surface area contributed by atoms with Gasteiger partial charge in [0.25, 0.3) is 0 Å². The molecule has 0 radical (unpaired) electrons. The Morgan fingerprint density at radius 2 is 2.00 bits per heavy atom. The van der Waals surface area contributed by atoms with Crippen molar-refractivity contribution >= 4 is 37.9 Å². The Kier molecular flexibility index (Phi) is 8.37. The quantitative estimate of drug-likeness (QED) is 0.0958. The van der Waals surface area contributed by atoms with Crippen molar-refractivity contribution in [3.05, 3.63) is 53.1 Å². The normalized spacial score (nSPS) is 27.6. The largest absolute Gasteiger partial charge is 0.387 e. The van der Waals surface area contributed by atoms with Crippen LogP contribution in [0.4, 0.5) is 0 Å². The van der Waals surface area contributed by atoms with Gasteiger partial charge in [-0.05, 0) is 35.6 Å². The van der Waals surface area contributed by atoms with Gasteiger partial charge in [0.05, 0.1) is 24.5 Å². The first-order chi connectivity index (χ1) is 17.3. The molecule has 6 atom stereocenters. The molecule has 2 aliphatic rings. The van der Waals surface area contributed by atoms with Crippen LogP contribution in [-0.4, -0.2) is 76.8 Å². The molecule has 8 N–H and O–H groups in total. The second-order valence-electron chi connectivity index (χ2n) is 8.69. The van der Waals surface area contributed by atoms with E-state index in [1.54, 1.807) is 0 Å². The molecule has 2 heterocycles. The Bertz CT molecular complexity index is 1280. The number of ether oxygens (including phenoxy) is 1. The van der Waals surface area contributed by atoms with Gasteiger partial charge in [-0.2, -0.15) is 4.99 Å². The molecular weight excluding hydrogens is 552 g/mol. The van der Waals surface area contributed by atoms with E-state index in [0.717, 1.165) is 18.4 Å². The number of aromatic nitrogens is 2. The Labute approximate surface area is 215 Å². The first-order valence-electron chi connectivity index (χ1n) is 11.1. The molecule has 1 aromatic carbocycles. The van der Waals surface area contributed by atoms with Crippen molar-refractivity contribution in [2.75, 3.05) is 12.5 Å². The van der Waals surface area contributed by atoms with Gasteiger partial charge in [-0.1, -0.05) is 24.3 Å². The molecule has 1 aromatic heterocycles. The number of aliphatic hydroxyl groups is 2. The fourth-order valence-electron chi connectivity index (χ4n) is 4.33. The standard InChI is InChI=1S/C20H26ClN5O9P2/c21-20(22)26-19(24-12-6-5-10-3-1-2-4-11(10)12)18-23-7-13(25-18)17-16(28)15(27)14(35-17)8-34-37(32,33)9-36(29,30)31/h1-4,7,12,14-17,27-28H,5-6,8-9H2,(H,23,25)(H,32,33)(H2,22,24,26)(H2,29,30,31)/t12-,14+,15+,16+,17-/m0/s1. The molecule has 37 heavy (non-hydrogen) atoms. The average Bonchev–Trinajstić information content (AvgIpc) is 3.50. The van der Waals surface area contributed by atoms with Gasteiger partial charge in [0.1, 0.15) is 24.4 Å². The predicted molar refractivity (Wildman–Crippen MR) is 132 cm³/mol. The average molecular weight is 578 g/mol. The molecule has 0 bridgehead atoms. The van der Waals surface area contributed by atoms with Gasteiger partial charge in [-0.3, -0.25) is 14.5 Å². The number of nitrogens with one attached hydrogen (secondary N) is 3. The summed E-state index contributed by atoms with van der Waals surface area (Å²) in [6, 6.07) is 7.82. The number of aliphatic hydroxyl groups excluding tert-OH is 2. The predicted octanol–water partition coefficient (Wildman–Crippen LogP) is 1.11. The second-order valence-corrected chi connectivity index (χ2v) is 13.0. The summed E-state index contributed by atoms with van der Waals surface area (Å²) in [6.07, 6.45) is -2.46. The number of halogens is 1. The van der Waals surface area contributed by atoms with Crippen LogP contribution < -0.4 is 5.32 Å². The molecule has 1 saturated heterocycles. The fourth-order valence-corrected chi connectivity index (χ4v) is 6.98. The lowest BCUT2D eigenvalue weighted by Gasteiger charge is -2.18. The summed E-state index contributed by atoms with van der Waals surface area (Å²) >= 11 is 5.73. The van der Waals surface area contributed by atoms with E-state index in [4.69, 9.17) is 36.1 Å². The van der Waals surface area contributed by atoms with Crippen molar-refractivity contribution in [1.29, 1.82) is 5.41 Å². The summed E-state index contributed by atoms with van der Waals surface area (Å²) in [7, 11) is -9.51. The van der Waals surface area contributed by atoms with Crippen LogP contribution in [-0.2, 0) is 24.8 Å². The number of aryl methyl sites for hydroxylation is 1. The number of amidine groups is 2. The third-order valence-electron chi connectivity index (χ3n) is 5.95. The van der Waals surface area contributed by atoms with Gasteiger partial charge in [0, 0.05) is 0 Å². The fraction of sp³-hybridized carbons (Fsp3) is 0.450. The highest BCUT2D eigenvalue weighted by atomic mass is 35.5. The summed E-state index contributed by atoms with van der Waals surface area (Å²) in [6.45, 7) is -0.706. The van der Waals surface area contributed by atoms with Gasteiger partial charge in [-0.25, -0.2) is 4.98 Å². The number of hydrogen-bond acceptors (Lipinski definition) is 8. The molecule has 0 spiro atoms. The van der Waals surface area contributed by atoms with Crippen molar-refractivity contribution in [2.24, 2.45) is 4.99 Å². The lowest BCUT2D eigenvalue weighted by atomic mass is 10.1. The molecule has 14 nitrogen and oxygen atoms in total. The van der Waals surface area contributed by atoms with Gasteiger partial charge >= 0.3 is 15.2 Å². The van der Waals surface area contributed by atoms with Crippen LogP contribution in [0.3, 0.4) is 0 Å². The summed E-state index contributed by atoms with van der Waals surface area (Å²) in [5, 5.41) is 31.2. The zero-order valence-corrected chi connectivity index (χ0v) is 21.7. The number of benzene rings is 1. The zero-order valence-electron chi connectivity index (χ0n) is 19.1. The minimum atomic E-state index is -4.83. The molecule has 1 aliphatic heterocycles. The van der Waals surface area contributed by atoms with Gasteiger partial charge in [0.2, 0.25) is 5.29 Å². The third kappa shape index (κ3) is 6.92. The van der Waals surface area contributed by atoms with Crippen molar-refractivity contribution in [3.63, 3.8) is 0 Å². The van der Waals surface area contributed by atoms with E-state index >= 15 is 0 Å². The van der Waals surface area contributed by atoms with Gasteiger partial charge in [0.15, 0.2) is 17.6 Å². The molecule has 0 saturated carbocycles. The van der Waals surface area contributed by atoms with E-state index in [9.17, 15) is 24.2 Å². The van der Waals surface area contributed by atoms with Crippen LogP contribution in [0, 0.1) is 5.41 Å².